The largest absolute Gasteiger partial charge is 0.493 e. The van der Waals surface area contributed by atoms with Crippen molar-refractivity contribution < 1.29 is 23.9 Å². The molecular weight excluding hydrogens is 344 g/mol. The first-order valence-electron chi connectivity index (χ1n) is 7.48. The lowest BCUT2D eigenvalue weighted by Crippen LogP contribution is -2.22. The average molecular weight is 362 g/mol. The maximum Gasteiger partial charge on any atom is 0.309 e. The first-order valence-corrected chi connectivity index (χ1v) is 8.36. The Labute approximate surface area is 148 Å². The van der Waals surface area contributed by atoms with Gasteiger partial charge in [0.1, 0.15) is 10.8 Å². The molecule has 0 radical (unpaired) electrons. The van der Waals surface area contributed by atoms with E-state index >= 15 is 0 Å². The van der Waals surface area contributed by atoms with E-state index in [4.69, 9.17) is 15.2 Å². The van der Waals surface area contributed by atoms with Gasteiger partial charge in [0.2, 0.25) is 0 Å². The normalized spacial score (nSPS) is 10.1. The number of thiophene rings is 1. The van der Waals surface area contributed by atoms with E-state index in [1.165, 1.54) is 6.07 Å². The lowest BCUT2D eigenvalue weighted by atomic mass is 10.2. The van der Waals surface area contributed by atoms with Crippen molar-refractivity contribution in [2.45, 2.75) is 13.3 Å². The summed E-state index contributed by atoms with van der Waals surface area (Å²) < 4.78 is 10.3. The first-order chi connectivity index (χ1) is 12.0. The van der Waals surface area contributed by atoms with E-state index in [9.17, 15) is 14.4 Å². The fraction of sp³-hybridized carbons (Fsp3) is 0.235. The van der Waals surface area contributed by atoms with Crippen molar-refractivity contribution in [1.82, 2.24) is 0 Å². The van der Waals surface area contributed by atoms with Crippen LogP contribution in [0.1, 0.15) is 22.3 Å². The summed E-state index contributed by atoms with van der Waals surface area (Å²) in [5, 5.41) is 4.44. The summed E-state index contributed by atoms with van der Waals surface area (Å²) in [6.45, 7) is 1.65. The Kier molecular flexibility index (Phi) is 6.53. The zero-order chi connectivity index (χ0) is 18.2. The standard InChI is InChI=1S/C17H18N2O5S/c1-11-3-2-4-12(9-11)23-7-5-15(21)24-10-14(20)19-17-13(16(18)22)6-8-25-17/h2-4,6,8-9H,5,7,10H2,1H3,(H2,18,22)(H,19,20). The number of hydrogen-bond donors (Lipinski definition) is 2. The van der Waals surface area contributed by atoms with Crippen molar-refractivity contribution >= 4 is 34.1 Å². The molecule has 25 heavy (non-hydrogen) atoms. The van der Waals surface area contributed by atoms with Crippen molar-refractivity contribution in [3.05, 3.63) is 46.8 Å². The number of anilines is 1. The van der Waals surface area contributed by atoms with Gasteiger partial charge in [-0.1, -0.05) is 12.1 Å². The number of esters is 1. The number of amides is 2. The van der Waals surface area contributed by atoms with Crippen LogP contribution in [0.25, 0.3) is 0 Å². The highest BCUT2D eigenvalue weighted by molar-refractivity contribution is 7.14. The lowest BCUT2D eigenvalue weighted by Gasteiger charge is -2.08. The molecule has 0 aliphatic heterocycles. The Morgan fingerprint density at radius 1 is 1.24 bits per heavy atom. The molecule has 2 aromatic rings. The number of aryl methyl sites for hydroxylation is 1. The van der Waals surface area contributed by atoms with Crippen molar-refractivity contribution in [3.63, 3.8) is 0 Å². The van der Waals surface area contributed by atoms with Gasteiger partial charge >= 0.3 is 5.97 Å². The molecule has 2 amide bonds. The van der Waals surface area contributed by atoms with Crippen molar-refractivity contribution in [1.29, 1.82) is 0 Å². The molecule has 1 aromatic carbocycles. The highest BCUT2D eigenvalue weighted by atomic mass is 32.1. The van der Waals surface area contributed by atoms with Gasteiger partial charge in [0.15, 0.2) is 6.61 Å². The molecule has 0 spiro atoms. The second kappa shape index (κ2) is 8.84. The predicted molar refractivity (Wildman–Crippen MR) is 93.7 cm³/mol. The molecule has 3 N–H and O–H groups in total. The molecule has 0 unspecified atom stereocenters. The van der Waals surface area contributed by atoms with E-state index in [0.29, 0.717) is 10.8 Å². The zero-order valence-electron chi connectivity index (χ0n) is 13.6. The molecular formula is C17H18N2O5S. The average Bonchev–Trinajstić information content (AvgIpc) is 3.01. The van der Waals surface area contributed by atoms with E-state index in [1.807, 2.05) is 25.1 Å². The van der Waals surface area contributed by atoms with Crippen LogP contribution in [0.4, 0.5) is 5.00 Å². The molecule has 0 atom stereocenters. The van der Waals surface area contributed by atoms with Gasteiger partial charge in [0.05, 0.1) is 18.6 Å². The monoisotopic (exact) mass is 362 g/mol. The Balaban J connectivity index is 1.69. The topological polar surface area (TPSA) is 108 Å². The zero-order valence-corrected chi connectivity index (χ0v) is 14.4. The highest BCUT2D eigenvalue weighted by Crippen LogP contribution is 2.22. The number of carbonyl (C=O) groups is 3. The minimum absolute atomic E-state index is 0.0206. The molecule has 0 saturated carbocycles. The van der Waals surface area contributed by atoms with Gasteiger partial charge < -0.3 is 20.5 Å². The number of ether oxygens (including phenoxy) is 2. The molecule has 1 aromatic heterocycles. The summed E-state index contributed by atoms with van der Waals surface area (Å²) in [6, 6.07) is 8.96. The fourth-order valence-electron chi connectivity index (χ4n) is 1.94. The summed E-state index contributed by atoms with van der Waals surface area (Å²) in [4.78, 5) is 34.6. The third-order valence-electron chi connectivity index (χ3n) is 3.11. The van der Waals surface area contributed by atoms with E-state index < -0.39 is 24.4 Å². The van der Waals surface area contributed by atoms with Gasteiger partial charge in [-0.15, -0.1) is 11.3 Å². The van der Waals surface area contributed by atoms with E-state index in [2.05, 4.69) is 5.32 Å². The number of nitrogens with two attached hydrogens (primary N) is 1. The third kappa shape index (κ3) is 5.92. The maximum atomic E-state index is 11.8. The van der Waals surface area contributed by atoms with Gasteiger partial charge in [-0.3, -0.25) is 14.4 Å². The minimum atomic E-state index is -0.637. The highest BCUT2D eigenvalue weighted by Gasteiger charge is 2.14. The minimum Gasteiger partial charge on any atom is -0.493 e. The Hall–Kier alpha value is -2.87. The van der Waals surface area contributed by atoms with Crippen LogP contribution in [-0.2, 0) is 14.3 Å². The molecule has 132 valence electrons. The molecule has 7 nitrogen and oxygen atoms in total. The van der Waals surface area contributed by atoms with Crippen molar-refractivity contribution in [2.24, 2.45) is 5.73 Å². The molecule has 1 heterocycles. The first kappa shape index (κ1) is 18.5. The lowest BCUT2D eigenvalue weighted by molar-refractivity contribution is -0.147. The maximum absolute atomic E-state index is 11.8. The van der Waals surface area contributed by atoms with E-state index in [0.717, 1.165) is 16.9 Å². The van der Waals surface area contributed by atoms with Crippen LogP contribution in [0.15, 0.2) is 35.7 Å². The Morgan fingerprint density at radius 3 is 2.76 bits per heavy atom. The predicted octanol–water partition coefficient (Wildman–Crippen LogP) is 2.11. The quantitative estimate of drug-likeness (QED) is 0.699. The number of nitrogens with one attached hydrogen (secondary N) is 1. The molecule has 0 saturated heterocycles. The van der Waals surface area contributed by atoms with E-state index in [1.54, 1.807) is 11.4 Å². The summed E-state index contributed by atoms with van der Waals surface area (Å²) in [6.07, 6.45) is 0.0206. The Bertz CT molecular complexity index is 772. The van der Waals surface area contributed by atoms with E-state index in [-0.39, 0.29) is 18.6 Å². The Morgan fingerprint density at radius 2 is 2.04 bits per heavy atom. The fourth-order valence-corrected chi connectivity index (χ4v) is 2.75. The van der Waals surface area contributed by atoms with Crippen LogP contribution in [-0.4, -0.2) is 31.0 Å². The summed E-state index contributed by atoms with van der Waals surface area (Å²) in [5.74, 6) is -1.06. The second-order valence-corrected chi connectivity index (χ2v) is 6.07. The molecule has 0 fully saturated rings. The van der Waals surface area contributed by atoms with Crippen molar-refractivity contribution in [2.75, 3.05) is 18.5 Å². The van der Waals surface area contributed by atoms with Gasteiger partial charge in [-0.25, -0.2) is 0 Å². The van der Waals surface area contributed by atoms with Gasteiger partial charge in [0, 0.05) is 0 Å². The summed E-state index contributed by atoms with van der Waals surface area (Å²) in [7, 11) is 0. The van der Waals surface area contributed by atoms with Gasteiger partial charge in [-0.05, 0) is 36.1 Å². The summed E-state index contributed by atoms with van der Waals surface area (Å²) >= 11 is 1.16. The SMILES string of the molecule is Cc1cccc(OCCC(=O)OCC(=O)Nc2sccc2C(N)=O)c1. The molecule has 0 aliphatic carbocycles. The van der Waals surface area contributed by atoms with Crippen LogP contribution in [0.3, 0.4) is 0 Å². The number of carbonyl (C=O) groups excluding carboxylic acids is 3. The van der Waals surface area contributed by atoms with Crippen LogP contribution >= 0.6 is 11.3 Å². The van der Waals surface area contributed by atoms with Gasteiger partial charge in [0.25, 0.3) is 11.8 Å². The smallest absolute Gasteiger partial charge is 0.309 e. The number of benzene rings is 1. The third-order valence-corrected chi connectivity index (χ3v) is 3.94. The van der Waals surface area contributed by atoms with Crippen molar-refractivity contribution in [3.8, 4) is 5.75 Å². The van der Waals surface area contributed by atoms with Crippen LogP contribution in [0.5, 0.6) is 5.75 Å². The molecule has 0 bridgehead atoms. The second-order valence-electron chi connectivity index (χ2n) is 5.15. The molecule has 0 aliphatic rings. The van der Waals surface area contributed by atoms with Crippen LogP contribution in [0.2, 0.25) is 0 Å². The number of hydrogen-bond acceptors (Lipinski definition) is 6. The number of primary amides is 1. The number of rotatable bonds is 8. The summed E-state index contributed by atoms with van der Waals surface area (Å²) in [5.41, 5.74) is 6.46. The van der Waals surface area contributed by atoms with Crippen LogP contribution in [0, 0.1) is 6.92 Å². The molecule has 2 rings (SSSR count). The molecule has 8 heteroatoms. The van der Waals surface area contributed by atoms with Gasteiger partial charge in [-0.2, -0.15) is 0 Å². The van der Waals surface area contributed by atoms with Crippen LogP contribution < -0.4 is 15.8 Å².